The van der Waals surface area contributed by atoms with E-state index in [2.05, 4.69) is 130 Å². The molecule has 1 aromatic heterocycles. The molecule has 5 aromatic carbocycles. The number of halogens is 2. The number of aromatic nitrogens is 3. The number of anilines is 1. The lowest BCUT2D eigenvalue weighted by Gasteiger charge is -2.27. The minimum atomic E-state index is -4.11. The van der Waals surface area contributed by atoms with Gasteiger partial charge in [-0.05, 0) is 154 Å². The molecule has 6 aromatic rings. The van der Waals surface area contributed by atoms with Gasteiger partial charge in [0.05, 0.1) is 95.1 Å². The van der Waals surface area contributed by atoms with Gasteiger partial charge >= 0.3 is 0 Å². The molecule has 2 saturated heterocycles. The zero-order valence-electron chi connectivity index (χ0n) is 70.8. The fraction of sp³-hybridized carbons (Fsp3) is 0.473. The predicted octanol–water partition coefficient (Wildman–Crippen LogP) is 10.2. The third-order valence-electron chi connectivity index (χ3n) is 23.3. The van der Waals surface area contributed by atoms with Crippen LogP contribution in [0.1, 0.15) is 154 Å². The average molecular weight is 1750 g/mol. The van der Waals surface area contributed by atoms with Gasteiger partial charge in [0.15, 0.2) is 5.71 Å². The summed E-state index contributed by atoms with van der Waals surface area (Å²) in [6.07, 6.45) is 14.3. The summed E-state index contributed by atoms with van der Waals surface area (Å²) in [5.41, 5.74) is 14.3. The van der Waals surface area contributed by atoms with E-state index in [1.165, 1.54) is 5.56 Å². The van der Waals surface area contributed by atoms with Crippen LogP contribution in [0.15, 0.2) is 162 Å². The number of carbonyl (C=O) groups excluding carboxylic acids is 6. The number of likely N-dealkylation sites (tertiary alicyclic amines) is 1. The first-order valence-corrected chi connectivity index (χ1v) is 45.6. The summed E-state index contributed by atoms with van der Waals surface area (Å²) in [7, 11) is -8.22. The van der Waals surface area contributed by atoms with Crippen LogP contribution in [-0.4, -0.2) is 218 Å². The first-order chi connectivity index (χ1) is 59.3. The molecule has 2 fully saturated rings. The van der Waals surface area contributed by atoms with Crippen LogP contribution in [0.2, 0.25) is 0 Å². The molecule has 662 valence electrons. The molecule has 5 aliphatic heterocycles. The number of para-hydroxylation sites is 1. The largest absolute Gasteiger partial charge is 0.457 e. The summed E-state index contributed by atoms with van der Waals surface area (Å²) in [5, 5.41) is 29.1. The lowest BCUT2D eigenvalue weighted by atomic mass is 9.81. The maximum Gasteiger partial charge on any atom is 0.268 e. The van der Waals surface area contributed by atoms with Crippen LogP contribution in [0.4, 0.5) is 20.2 Å². The fourth-order valence-electron chi connectivity index (χ4n) is 16.8. The highest BCUT2D eigenvalue weighted by atomic mass is 32.2. The van der Waals surface area contributed by atoms with Crippen molar-refractivity contribution in [2.24, 2.45) is 5.92 Å². The Morgan fingerprint density at radius 1 is 0.734 bits per heavy atom. The van der Waals surface area contributed by atoms with Crippen LogP contribution in [0.25, 0.3) is 11.3 Å². The van der Waals surface area contributed by atoms with Crippen LogP contribution in [0, 0.1) is 24.2 Å². The van der Waals surface area contributed by atoms with Crippen molar-refractivity contribution >= 4 is 72.8 Å². The van der Waals surface area contributed by atoms with Crippen LogP contribution in [-0.2, 0) is 100 Å². The fourth-order valence-corrected chi connectivity index (χ4v) is 17.9. The number of ether oxygens (including phenoxy) is 5. The van der Waals surface area contributed by atoms with E-state index in [4.69, 9.17) is 23.7 Å². The quantitative estimate of drug-likeness (QED) is 0.0118. The number of benzene rings is 5. The van der Waals surface area contributed by atoms with Crippen molar-refractivity contribution in [2.45, 2.75) is 167 Å². The van der Waals surface area contributed by atoms with Gasteiger partial charge in [-0.15, -0.1) is 5.10 Å². The molecule has 6 N–H and O–H groups in total. The lowest BCUT2D eigenvalue weighted by molar-refractivity contribution is -0.438. The Morgan fingerprint density at radius 3 is 2.15 bits per heavy atom. The molecule has 12 rings (SSSR count). The highest BCUT2D eigenvalue weighted by Crippen LogP contribution is 2.49. The molecule has 0 spiro atoms. The smallest absolute Gasteiger partial charge is 0.268 e. The predicted molar refractivity (Wildman–Crippen MR) is 461 cm³/mol. The van der Waals surface area contributed by atoms with Gasteiger partial charge in [-0.25, -0.2) is 13.5 Å². The van der Waals surface area contributed by atoms with Crippen LogP contribution >= 0.6 is 0 Å². The molecule has 0 bridgehead atoms. The Hall–Kier alpha value is -10.7. The SMILES string of the molecule is Cc1ccc2c(c1)C(C)(C)C(=CC=C1CCCC(C=CC3=[N+](CCCCS(=O)(=O)O)c4ccccc4C3(C)C)=C1Oc1ccc(CCC(=O)NCCOCCOCCOCCOCCC(=O)NCCNC(=O)c3ccc(-c4cn(Cc5cccc6c5CN(C(=O)C[C@@H]5C[C@@H](C(=O)N7CC(F)(F)C[C@H]7C#N)NC5=O)C6)nn4)cc3)cc1)N2CCCCS(=O)(=O)O. The van der Waals surface area contributed by atoms with E-state index in [0.717, 1.165) is 103 Å². The molecule has 1 aliphatic carbocycles. The Morgan fingerprint density at radius 2 is 1.42 bits per heavy atom. The standard InChI is InChI=1S/C91H110F2N12O17S2/c1-62-20-32-79-75(52-62)90(4,5)81(104(79)41-9-11-51-124(115,116)117)34-29-66-15-12-14-65(28-33-80-89(2,3)74-18-6-7-19-78(74)103(80)40-8-10-50-123(112,113)114)85(66)122-72-30-21-63(22-31-72)23-35-82(106)96-39-43-119-45-47-121-49-48-120-46-44-118-42-36-83(107)95-37-38-97-86(109)67-26-24-64(25-27-67)77-60-102(100-99-77)58-69-17-13-16-68-57-101(59-73(68)69)84(108)54-70-53-76(98-87(70)110)88(111)105-61-91(92,93)55-71(105)56-94/h6-7,13,16-22,24-34,52,60,70-71,76H,8-12,14-15,23,35-51,53-55,57-59,61H2,1-5H3,(H5-,95,96,97,98,106,107,109,110,112,113,114,115,116,117)/p+1/t70-,71-,76-/m0/s1. The van der Waals surface area contributed by atoms with Crippen molar-refractivity contribution in [1.82, 2.24) is 46.1 Å². The second-order valence-electron chi connectivity index (χ2n) is 33.2. The first-order valence-electron chi connectivity index (χ1n) is 42.3. The van der Waals surface area contributed by atoms with Crippen molar-refractivity contribution in [3.05, 3.63) is 207 Å². The van der Waals surface area contributed by atoms with Gasteiger partial charge in [-0.2, -0.15) is 26.7 Å². The third-order valence-corrected chi connectivity index (χ3v) is 24.9. The van der Waals surface area contributed by atoms with Crippen molar-refractivity contribution < 1.29 is 91.7 Å². The number of aryl methyl sites for hydroxylation is 2. The van der Waals surface area contributed by atoms with Crippen molar-refractivity contribution in [3.8, 4) is 23.1 Å². The van der Waals surface area contributed by atoms with E-state index in [1.807, 2.05) is 54.6 Å². The summed E-state index contributed by atoms with van der Waals surface area (Å²) in [6, 6.07) is 34.4. The van der Waals surface area contributed by atoms with E-state index in [-0.39, 0.29) is 93.7 Å². The molecule has 124 heavy (non-hydrogen) atoms. The summed E-state index contributed by atoms with van der Waals surface area (Å²) in [6.45, 7) is 15.1. The zero-order valence-corrected chi connectivity index (χ0v) is 72.4. The Kier molecular flexibility index (Phi) is 31.2. The monoisotopic (exact) mass is 1750 g/mol. The van der Waals surface area contributed by atoms with Gasteiger partial charge in [-0.3, -0.25) is 37.9 Å². The average Bonchev–Trinajstić information content (AvgIpc) is 1.59. The van der Waals surface area contributed by atoms with Crippen LogP contribution in [0.5, 0.6) is 5.75 Å². The Balaban J connectivity index is 0.512. The summed E-state index contributed by atoms with van der Waals surface area (Å²) >= 11 is 0. The number of nitrogens with zero attached hydrogens (tertiary/aromatic N) is 8. The lowest BCUT2D eigenvalue weighted by Crippen LogP contribution is -2.46. The van der Waals surface area contributed by atoms with Crippen LogP contribution < -0.4 is 30.9 Å². The van der Waals surface area contributed by atoms with Crippen LogP contribution in [0.3, 0.4) is 0 Å². The van der Waals surface area contributed by atoms with E-state index in [9.17, 15) is 68.8 Å². The summed E-state index contributed by atoms with van der Waals surface area (Å²) in [4.78, 5) is 82.8. The number of fused-ring (bicyclic) bond motifs is 3. The Labute approximate surface area is 722 Å². The summed E-state index contributed by atoms with van der Waals surface area (Å²) < 4.78 is 127. The van der Waals surface area contributed by atoms with Gasteiger partial charge in [0.2, 0.25) is 35.2 Å². The van der Waals surface area contributed by atoms with Crippen molar-refractivity contribution in [3.63, 3.8) is 0 Å². The minimum Gasteiger partial charge on any atom is -0.457 e. The normalized spacial score (nSPS) is 18.9. The molecule has 0 radical (unpaired) electrons. The van der Waals surface area contributed by atoms with E-state index in [1.54, 1.807) is 46.1 Å². The van der Waals surface area contributed by atoms with Gasteiger partial charge in [0.1, 0.15) is 35.8 Å². The number of alkyl halides is 2. The van der Waals surface area contributed by atoms with E-state index in [0.29, 0.717) is 121 Å². The molecular weight excluding hydrogens is 1640 g/mol. The number of nitrogens with one attached hydrogen (secondary N) is 4. The van der Waals surface area contributed by atoms with Crippen molar-refractivity contribution in [1.29, 1.82) is 5.26 Å². The molecule has 6 heterocycles. The number of carbonyl (C=O) groups is 6. The third kappa shape index (κ3) is 24.7. The van der Waals surface area contributed by atoms with E-state index >= 15 is 0 Å². The van der Waals surface area contributed by atoms with Crippen molar-refractivity contribution in [2.75, 3.05) is 109 Å². The molecule has 29 nitrogen and oxygen atoms in total. The number of nitriles is 1. The number of hydrogen-bond acceptors (Lipinski definition) is 19. The molecular formula is C91H111F2N12O17S2+. The molecule has 3 atom stereocenters. The van der Waals surface area contributed by atoms with Gasteiger partial charge in [-0.1, -0.05) is 103 Å². The molecule has 33 heteroatoms. The topological polar surface area (TPSA) is 373 Å². The van der Waals surface area contributed by atoms with E-state index < -0.39 is 79.8 Å². The second-order valence-corrected chi connectivity index (χ2v) is 36.3. The molecule has 6 amide bonds. The zero-order chi connectivity index (χ0) is 88.4. The Bertz CT molecular complexity index is 5330. The van der Waals surface area contributed by atoms with Gasteiger partial charge in [0, 0.05) is 123 Å². The minimum absolute atomic E-state index is 0.0421. The number of rotatable bonds is 43. The van der Waals surface area contributed by atoms with Gasteiger partial charge in [0.25, 0.3) is 32.1 Å². The maximum atomic E-state index is 14.1. The molecule has 6 aliphatic rings. The number of amides is 6. The first kappa shape index (κ1) is 92.5. The van der Waals surface area contributed by atoms with Gasteiger partial charge < -0.3 is 59.7 Å². The molecule has 0 saturated carbocycles. The second kappa shape index (κ2) is 41.9. The highest BCUT2D eigenvalue weighted by molar-refractivity contribution is 7.86. The molecule has 0 unspecified atom stereocenters. The number of allylic oxidation sites excluding steroid dienone is 7. The number of hydrogen-bond donors (Lipinski definition) is 6. The summed E-state index contributed by atoms with van der Waals surface area (Å²) in [5.74, 6) is -5.55. The highest BCUT2D eigenvalue weighted by Gasteiger charge is 2.51. The maximum absolute atomic E-state index is 14.1. The number of unbranched alkanes of at least 4 members (excludes halogenated alkanes) is 2.